The van der Waals surface area contributed by atoms with Crippen molar-refractivity contribution in [1.29, 1.82) is 0 Å². The molecule has 0 unspecified atom stereocenters. The summed E-state index contributed by atoms with van der Waals surface area (Å²) in [6.07, 6.45) is 0. The van der Waals surface area contributed by atoms with Crippen molar-refractivity contribution in [3.8, 4) is 11.5 Å². The number of methoxy groups -OCH3 is 3. The highest BCUT2D eigenvalue weighted by atomic mass is 32.1. The predicted molar refractivity (Wildman–Crippen MR) is 101 cm³/mol. The van der Waals surface area contributed by atoms with E-state index in [0.717, 1.165) is 10.1 Å². The van der Waals surface area contributed by atoms with Gasteiger partial charge in [0, 0.05) is 10.8 Å². The van der Waals surface area contributed by atoms with Crippen molar-refractivity contribution in [1.82, 2.24) is 0 Å². The first-order valence-electron chi connectivity index (χ1n) is 7.71. The summed E-state index contributed by atoms with van der Waals surface area (Å²) in [5.41, 5.74) is 0.699. The number of esters is 1. The highest BCUT2D eigenvalue weighted by molar-refractivity contribution is 7.21. The molecule has 0 saturated carbocycles. The van der Waals surface area contributed by atoms with Gasteiger partial charge < -0.3 is 19.5 Å². The zero-order valence-electron chi connectivity index (χ0n) is 14.5. The van der Waals surface area contributed by atoms with Gasteiger partial charge in [-0.25, -0.2) is 4.79 Å². The number of hydrogen-bond donors (Lipinski definition) is 1. The predicted octanol–water partition coefficient (Wildman–Crippen LogP) is 3.96. The van der Waals surface area contributed by atoms with Crippen molar-refractivity contribution in [3.63, 3.8) is 0 Å². The van der Waals surface area contributed by atoms with Gasteiger partial charge in [0.2, 0.25) is 0 Å². The molecule has 0 aliphatic carbocycles. The van der Waals surface area contributed by atoms with Crippen LogP contribution < -0.4 is 14.8 Å². The second kappa shape index (κ2) is 7.45. The lowest BCUT2D eigenvalue weighted by molar-refractivity contribution is 0.0602. The van der Waals surface area contributed by atoms with E-state index in [0.29, 0.717) is 27.6 Å². The number of hydrogen-bond acceptors (Lipinski definition) is 6. The van der Waals surface area contributed by atoms with Crippen LogP contribution in [0.5, 0.6) is 11.5 Å². The summed E-state index contributed by atoms with van der Waals surface area (Å²) in [7, 11) is 4.43. The highest BCUT2D eigenvalue weighted by Crippen LogP contribution is 2.36. The molecule has 0 aliphatic rings. The van der Waals surface area contributed by atoms with Gasteiger partial charge in [-0.1, -0.05) is 12.1 Å². The maximum atomic E-state index is 12.6. The third-order valence-corrected chi connectivity index (χ3v) is 4.92. The first kappa shape index (κ1) is 17.8. The van der Waals surface area contributed by atoms with E-state index in [1.165, 1.54) is 18.4 Å². The monoisotopic (exact) mass is 371 g/mol. The quantitative estimate of drug-likeness (QED) is 0.687. The topological polar surface area (TPSA) is 73.9 Å². The number of fused-ring (bicyclic) bond motifs is 1. The average molecular weight is 371 g/mol. The Hall–Kier alpha value is -3.06. The van der Waals surface area contributed by atoms with E-state index in [-0.39, 0.29) is 5.91 Å². The van der Waals surface area contributed by atoms with Crippen molar-refractivity contribution in [3.05, 3.63) is 52.9 Å². The van der Waals surface area contributed by atoms with Gasteiger partial charge in [0.05, 0.1) is 37.5 Å². The number of ether oxygens (including phenoxy) is 3. The minimum atomic E-state index is -0.508. The van der Waals surface area contributed by atoms with E-state index in [1.54, 1.807) is 44.6 Å². The van der Waals surface area contributed by atoms with Crippen LogP contribution >= 0.6 is 11.3 Å². The van der Waals surface area contributed by atoms with Crippen molar-refractivity contribution < 1.29 is 23.8 Å². The molecule has 6 nitrogen and oxygen atoms in total. The normalized spacial score (nSPS) is 10.4. The van der Waals surface area contributed by atoms with E-state index in [4.69, 9.17) is 14.2 Å². The van der Waals surface area contributed by atoms with Crippen molar-refractivity contribution >= 4 is 39.0 Å². The standard InChI is InChI=1S/C19H17NO5S/c1-23-14-8-11-9-17(26-16(11)10-15(14)24-2)18(21)20-13-7-5-4-6-12(13)19(22)25-3/h4-10H,1-3H3,(H,20,21). The molecule has 0 radical (unpaired) electrons. The van der Waals surface area contributed by atoms with E-state index in [9.17, 15) is 9.59 Å². The molecular formula is C19H17NO5S. The van der Waals surface area contributed by atoms with Crippen LogP contribution in [0, 0.1) is 0 Å². The number of para-hydroxylation sites is 1. The van der Waals surface area contributed by atoms with Gasteiger partial charge in [0.15, 0.2) is 11.5 Å². The number of benzene rings is 2. The molecule has 0 fully saturated rings. The third-order valence-electron chi connectivity index (χ3n) is 3.83. The maximum Gasteiger partial charge on any atom is 0.339 e. The molecule has 1 N–H and O–H groups in total. The second-order valence-corrected chi connectivity index (χ2v) is 6.43. The molecule has 3 rings (SSSR count). The Balaban J connectivity index is 1.93. The number of amides is 1. The van der Waals surface area contributed by atoms with Gasteiger partial charge in [-0.3, -0.25) is 4.79 Å². The third kappa shape index (κ3) is 3.34. The number of nitrogens with one attached hydrogen (secondary N) is 1. The Labute approximate surface area is 154 Å². The van der Waals surface area contributed by atoms with Gasteiger partial charge >= 0.3 is 5.97 Å². The first-order valence-corrected chi connectivity index (χ1v) is 8.53. The molecule has 0 aliphatic heterocycles. The summed E-state index contributed by atoms with van der Waals surface area (Å²) in [5.74, 6) is 0.387. The lowest BCUT2D eigenvalue weighted by Crippen LogP contribution is -2.14. The average Bonchev–Trinajstić information content (AvgIpc) is 3.09. The van der Waals surface area contributed by atoms with Crippen LogP contribution in [0.15, 0.2) is 42.5 Å². The van der Waals surface area contributed by atoms with Gasteiger partial charge in [0.1, 0.15) is 0 Å². The summed E-state index contributed by atoms with van der Waals surface area (Å²) < 4.78 is 16.2. The number of carbonyl (C=O) groups excluding carboxylic acids is 2. The molecule has 3 aromatic rings. The van der Waals surface area contributed by atoms with Crippen LogP contribution in [0.4, 0.5) is 5.69 Å². The second-order valence-electron chi connectivity index (χ2n) is 5.35. The van der Waals surface area contributed by atoms with E-state index in [1.807, 2.05) is 12.1 Å². The van der Waals surface area contributed by atoms with Crippen molar-refractivity contribution in [2.24, 2.45) is 0 Å². The van der Waals surface area contributed by atoms with Crippen LogP contribution in [0.2, 0.25) is 0 Å². The minimum Gasteiger partial charge on any atom is -0.493 e. The summed E-state index contributed by atoms with van der Waals surface area (Å²) in [6.45, 7) is 0. The molecule has 1 amide bonds. The Morgan fingerprint density at radius 3 is 2.35 bits per heavy atom. The molecule has 0 atom stereocenters. The molecule has 0 spiro atoms. The molecule has 7 heteroatoms. The summed E-state index contributed by atoms with van der Waals surface area (Å²) in [6, 6.07) is 12.1. The molecular weight excluding hydrogens is 354 g/mol. The van der Waals surface area contributed by atoms with Crippen LogP contribution in [0.3, 0.4) is 0 Å². The molecule has 26 heavy (non-hydrogen) atoms. The SMILES string of the molecule is COC(=O)c1ccccc1NC(=O)c1cc2cc(OC)c(OC)cc2s1. The summed E-state index contributed by atoms with van der Waals surface area (Å²) in [5, 5.41) is 3.64. The van der Waals surface area contributed by atoms with Crippen LogP contribution in [-0.2, 0) is 4.74 Å². The Morgan fingerprint density at radius 1 is 0.962 bits per heavy atom. The van der Waals surface area contributed by atoms with Crippen LogP contribution in [0.1, 0.15) is 20.0 Å². The largest absolute Gasteiger partial charge is 0.493 e. The lowest BCUT2D eigenvalue weighted by atomic mass is 10.1. The number of rotatable bonds is 5. The Kier molecular flexibility index (Phi) is 5.09. The molecule has 0 saturated heterocycles. The number of thiophene rings is 1. The molecule has 2 aromatic carbocycles. The fourth-order valence-corrected chi connectivity index (χ4v) is 3.51. The Bertz CT molecular complexity index is 938. The van der Waals surface area contributed by atoms with Gasteiger partial charge in [0.25, 0.3) is 5.91 Å². The van der Waals surface area contributed by atoms with Gasteiger partial charge in [-0.05, 0) is 29.7 Å². The summed E-state index contributed by atoms with van der Waals surface area (Å²) in [4.78, 5) is 25.0. The molecule has 1 heterocycles. The van der Waals surface area contributed by atoms with Gasteiger partial charge in [-0.15, -0.1) is 11.3 Å². The first-order chi connectivity index (χ1) is 12.6. The molecule has 0 bridgehead atoms. The Morgan fingerprint density at radius 2 is 1.65 bits per heavy atom. The van der Waals surface area contributed by atoms with Crippen LogP contribution in [-0.4, -0.2) is 33.2 Å². The molecule has 1 aromatic heterocycles. The molecule has 134 valence electrons. The summed E-state index contributed by atoms with van der Waals surface area (Å²) >= 11 is 1.33. The van der Waals surface area contributed by atoms with Gasteiger partial charge in [-0.2, -0.15) is 0 Å². The zero-order valence-corrected chi connectivity index (χ0v) is 15.3. The maximum absolute atomic E-state index is 12.6. The fraction of sp³-hybridized carbons (Fsp3) is 0.158. The van der Waals surface area contributed by atoms with E-state index < -0.39 is 5.97 Å². The van der Waals surface area contributed by atoms with E-state index in [2.05, 4.69) is 5.32 Å². The zero-order chi connectivity index (χ0) is 18.7. The van der Waals surface area contributed by atoms with E-state index >= 15 is 0 Å². The lowest BCUT2D eigenvalue weighted by Gasteiger charge is -2.08. The number of carbonyl (C=O) groups is 2. The fourth-order valence-electron chi connectivity index (χ4n) is 2.54. The highest BCUT2D eigenvalue weighted by Gasteiger charge is 2.17. The number of anilines is 1. The smallest absolute Gasteiger partial charge is 0.339 e. The van der Waals surface area contributed by atoms with Crippen molar-refractivity contribution in [2.75, 3.05) is 26.6 Å². The van der Waals surface area contributed by atoms with Crippen LogP contribution in [0.25, 0.3) is 10.1 Å². The minimum absolute atomic E-state index is 0.299. The van der Waals surface area contributed by atoms with Crippen molar-refractivity contribution in [2.45, 2.75) is 0 Å².